The molecule has 0 radical (unpaired) electrons. The van der Waals surface area contributed by atoms with Crippen LogP contribution in [0.1, 0.15) is 85.3 Å². The average molecular weight is 747 g/mol. The molecule has 0 aliphatic heterocycles. The third-order valence-corrected chi connectivity index (χ3v) is 7.99. The fraction of sp³-hybridized carbons (Fsp3) is 0.457. The van der Waals surface area contributed by atoms with Crippen LogP contribution in [0.2, 0.25) is 0 Å². The van der Waals surface area contributed by atoms with Gasteiger partial charge in [0.15, 0.2) is 0 Å². The number of carbonyl (C=O) groups is 4. The molecule has 0 bridgehead atoms. The average Bonchev–Trinajstić information content (AvgIpc) is 3.08. The van der Waals surface area contributed by atoms with Crippen molar-refractivity contribution in [3.8, 4) is 0 Å². The summed E-state index contributed by atoms with van der Waals surface area (Å²) >= 11 is 0. The minimum Gasteiger partial charge on any atom is -0.481 e. The first kappa shape index (κ1) is 43.2. The number of hydrogen-bond acceptors (Lipinski definition) is 8. The Labute approximate surface area is 295 Å². The van der Waals surface area contributed by atoms with Crippen molar-refractivity contribution in [1.29, 1.82) is 0 Å². The number of nitrogens with one attached hydrogen (secondary N) is 1. The van der Waals surface area contributed by atoms with Gasteiger partial charge in [0.25, 0.3) is 0 Å². The van der Waals surface area contributed by atoms with Gasteiger partial charge in [0, 0.05) is 25.2 Å². The number of aliphatic carboxylic acids is 3. The molecule has 0 amide bonds. The Kier molecular flexibility index (Phi) is 16.8. The number of carboxylic acid groups (broad SMARTS) is 3. The molecule has 11 nitrogen and oxygen atoms in total. The van der Waals surface area contributed by atoms with E-state index in [1.54, 1.807) is 19.1 Å². The molecule has 3 rings (SSSR count). The summed E-state index contributed by atoms with van der Waals surface area (Å²) in [4.78, 5) is 47.9. The first-order valence-corrected chi connectivity index (χ1v) is 16.1. The van der Waals surface area contributed by atoms with Crippen LogP contribution >= 0.6 is 0 Å². The Morgan fingerprint density at radius 1 is 0.942 bits per heavy atom. The topological polar surface area (TPSA) is 172 Å². The molecule has 1 atom stereocenters. The molecule has 0 aromatic heterocycles. The molecule has 4 N–H and O–H groups in total. The number of alkyl halides is 6. The van der Waals surface area contributed by atoms with Crippen molar-refractivity contribution >= 4 is 29.6 Å². The second-order valence-electron chi connectivity index (χ2n) is 11.8. The number of halogens is 6. The zero-order valence-corrected chi connectivity index (χ0v) is 28.4. The molecule has 1 fully saturated rings. The minimum atomic E-state index is -5.08. The van der Waals surface area contributed by atoms with Crippen LogP contribution in [0.5, 0.6) is 0 Å². The van der Waals surface area contributed by atoms with E-state index in [1.165, 1.54) is 6.07 Å². The fourth-order valence-corrected chi connectivity index (χ4v) is 5.29. The minimum absolute atomic E-state index is 0.00216. The van der Waals surface area contributed by atoms with E-state index >= 15 is 0 Å². The second-order valence-corrected chi connectivity index (χ2v) is 11.8. The molecule has 17 heteroatoms. The van der Waals surface area contributed by atoms with Gasteiger partial charge in [-0.05, 0) is 72.1 Å². The molecule has 0 spiro atoms. The summed E-state index contributed by atoms with van der Waals surface area (Å²) in [6.45, 7) is 3.51. The van der Waals surface area contributed by atoms with Crippen LogP contribution < -0.4 is 5.32 Å². The number of benzene rings is 2. The van der Waals surface area contributed by atoms with Gasteiger partial charge in [0.2, 0.25) is 0 Å². The molecule has 286 valence electrons. The maximum absolute atomic E-state index is 13.9. The number of carbonyl (C=O) groups excluding carboxylic acids is 1. The van der Waals surface area contributed by atoms with Crippen LogP contribution in [0.25, 0.3) is 0 Å². The van der Waals surface area contributed by atoms with Crippen molar-refractivity contribution in [2.24, 2.45) is 11.1 Å². The zero-order valence-electron chi connectivity index (χ0n) is 28.4. The van der Waals surface area contributed by atoms with Gasteiger partial charge in [-0.2, -0.15) is 26.3 Å². The van der Waals surface area contributed by atoms with E-state index in [9.17, 15) is 45.8 Å². The van der Waals surface area contributed by atoms with Crippen molar-refractivity contribution in [3.05, 3.63) is 81.9 Å². The molecular weight excluding hydrogens is 706 g/mol. The molecule has 52 heavy (non-hydrogen) atoms. The van der Waals surface area contributed by atoms with Crippen molar-refractivity contribution in [1.82, 2.24) is 5.32 Å². The maximum Gasteiger partial charge on any atom is 0.490 e. The largest absolute Gasteiger partial charge is 0.490 e. The Hall–Kier alpha value is -4.93. The predicted octanol–water partition coefficient (Wildman–Crippen LogP) is 6.86. The van der Waals surface area contributed by atoms with Gasteiger partial charge >= 0.3 is 36.2 Å². The molecule has 2 aromatic carbocycles. The van der Waals surface area contributed by atoms with Crippen LogP contribution in [0.4, 0.5) is 26.3 Å². The molecule has 2 aromatic rings. The molecule has 1 aliphatic carbocycles. The smallest absolute Gasteiger partial charge is 0.481 e. The summed E-state index contributed by atoms with van der Waals surface area (Å²) in [7, 11) is 0. The van der Waals surface area contributed by atoms with Gasteiger partial charge in [-0.25, -0.2) is 14.4 Å². The highest BCUT2D eigenvalue weighted by Crippen LogP contribution is 2.41. The molecule has 1 aliphatic rings. The lowest BCUT2D eigenvalue weighted by molar-refractivity contribution is -0.192. The van der Waals surface area contributed by atoms with Gasteiger partial charge < -0.3 is 30.2 Å². The van der Waals surface area contributed by atoms with E-state index in [0.29, 0.717) is 42.0 Å². The monoisotopic (exact) mass is 746 g/mol. The fourth-order valence-electron chi connectivity index (χ4n) is 5.29. The Balaban J connectivity index is 0.00000121. The SMILES string of the molecule is CCc1cc(/C(C)=N/OCc2ccc(C3CCCCC3)c(C(F)(F)F)c2)ccc1CNCC(COC(=O)/C=C/C(=O)O)C(=O)O.O=C(O)C(F)(F)F. The van der Waals surface area contributed by atoms with E-state index in [2.05, 4.69) is 10.5 Å². The quantitative estimate of drug-likeness (QED) is 0.0496. The highest BCUT2D eigenvalue weighted by molar-refractivity contribution is 5.98. The lowest BCUT2D eigenvalue weighted by atomic mass is 9.81. The van der Waals surface area contributed by atoms with Crippen molar-refractivity contribution in [3.63, 3.8) is 0 Å². The van der Waals surface area contributed by atoms with Crippen LogP contribution in [0, 0.1) is 5.92 Å². The maximum atomic E-state index is 13.9. The highest BCUT2D eigenvalue weighted by atomic mass is 19.4. The number of esters is 1. The van der Waals surface area contributed by atoms with Gasteiger partial charge in [-0.3, -0.25) is 4.79 Å². The summed E-state index contributed by atoms with van der Waals surface area (Å²) in [6, 6.07) is 10.0. The van der Waals surface area contributed by atoms with Crippen molar-refractivity contribution in [2.75, 3.05) is 13.2 Å². The molecule has 0 saturated heterocycles. The van der Waals surface area contributed by atoms with E-state index in [0.717, 1.165) is 48.8 Å². The number of nitrogens with zero attached hydrogens (tertiary/aromatic N) is 1. The Morgan fingerprint density at radius 2 is 1.60 bits per heavy atom. The highest BCUT2D eigenvalue weighted by Gasteiger charge is 2.38. The summed E-state index contributed by atoms with van der Waals surface area (Å²) in [5.41, 5.74) is 3.35. The van der Waals surface area contributed by atoms with E-state index in [1.807, 2.05) is 25.1 Å². The van der Waals surface area contributed by atoms with E-state index in [4.69, 9.17) is 24.6 Å². The lowest BCUT2D eigenvalue weighted by Crippen LogP contribution is -2.32. The number of aryl methyl sites for hydroxylation is 1. The summed E-state index contributed by atoms with van der Waals surface area (Å²) in [5, 5.41) is 32.3. The lowest BCUT2D eigenvalue weighted by Gasteiger charge is -2.25. The van der Waals surface area contributed by atoms with Gasteiger partial charge in [0.1, 0.15) is 19.1 Å². The normalized spacial score (nSPS) is 14.7. The third-order valence-electron chi connectivity index (χ3n) is 7.99. The first-order valence-electron chi connectivity index (χ1n) is 16.1. The number of ether oxygens (including phenoxy) is 1. The zero-order chi connectivity index (χ0) is 39.1. The van der Waals surface area contributed by atoms with Crippen LogP contribution in [-0.4, -0.2) is 64.2 Å². The van der Waals surface area contributed by atoms with Crippen LogP contribution in [0.15, 0.2) is 53.7 Å². The van der Waals surface area contributed by atoms with Crippen LogP contribution in [0.3, 0.4) is 0 Å². The second kappa shape index (κ2) is 20.2. The Morgan fingerprint density at radius 3 is 2.15 bits per heavy atom. The summed E-state index contributed by atoms with van der Waals surface area (Å²) in [5.74, 6) is -7.33. The first-order chi connectivity index (χ1) is 24.3. The van der Waals surface area contributed by atoms with Crippen molar-refractivity contribution in [2.45, 2.75) is 83.8 Å². The molecular formula is C35H40F6N2O9. The van der Waals surface area contributed by atoms with E-state index in [-0.39, 0.29) is 19.1 Å². The molecule has 0 heterocycles. The number of oxime groups is 1. The summed E-state index contributed by atoms with van der Waals surface area (Å²) in [6.07, 6.45) is -3.06. The third kappa shape index (κ3) is 14.7. The van der Waals surface area contributed by atoms with Crippen LogP contribution in [-0.2, 0) is 54.5 Å². The number of rotatable bonds is 15. The summed E-state index contributed by atoms with van der Waals surface area (Å²) < 4.78 is 78.2. The molecule has 1 unspecified atom stereocenters. The molecule has 1 saturated carbocycles. The van der Waals surface area contributed by atoms with Gasteiger partial charge in [-0.1, -0.05) is 55.6 Å². The van der Waals surface area contributed by atoms with Crippen molar-refractivity contribution < 1.29 is 70.4 Å². The Bertz CT molecular complexity index is 1600. The standard InChI is InChI=1S/C33H39F3N2O7.C2HF3O2/c1-3-23-16-25(10-11-26(23)17-37-18-27(32(42)43)20-44-31(41)14-13-30(39)40)21(2)38-45-19-22-9-12-28(24-7-5-4-6-8-24)29(15-22)33(34,35)36;3-2(4,5)1(6)7/h9-16,24,27,37H,3-8,17-20H2,1-2H3,(H,39,40)(H,42,43);(H,6,7)/b14-13+,38-21+;. The van der Waals surface area contributed by atoms with Gasteiger partial charge in [-0.15, -0.1) is 0 Å². The number of carboxylic acids is 3. The van der Waals surface area contributed by atoms with Gasteiger partial charge in [0.05, 0.1) is 11.3 Å². The number of hydrogen-bond donors (Lipinski definition) is 4. The predicted molar refractivity (Wildman–Crippen MR) is 174 cm³/mol. The van der Waals surface area contributed by atoms with E-state index < -0.39 is 54.3 Å².